The first kappa shape index (κ1) is 15.4. The number of hydrogen-bond donors (Lipinski definition) is 1. The molecule has 0 spiro atoms. The van der Waals surface area contributed by atoms with Gasteiger partial charge in [-0.05, 0) is 19.4 Å². The Kier molecular flexibility index (Phi) is 4.64. The molecule has 20 heavy (non-hydrogen) atoms. The molecule has 1 aromatic rings. The summed E-state index contributed by atoms with van der Waals surface area (Å²) in [6.45, 7) is 3.38. The molecular formula is C13H15N3O4. The van der Waals surface area contributed by atoms with E-state index in [0.717, 1.165) is 0 Å². The van der Waals surface area contributed by atoms with E-state index in [2.05, 4.69) is 5.32 Å². The highest BCUT2D eigenvalue weighted by Gasteiger charge is 2.25. The van der Waals surface area contributed by atoms with E-state index >= 15 is 0 Å². The fraction of sp³-hybridized carbons (Fsp3) is 0.385. The number of methoxy groups -OCH3 is 1. The number of nitro benzene ring substituents is 1. The van der Waals surface area contributed by atoms with Crippen molar-refractivity contribution in [3.8, 4) is 11.8 Å². The Balaban J connectivity index is 3.07. The van der Waals surface area contributed by atoms with Gasteiger partial charge in [-0.25, -0.2) is 0 Å². The zero-order valence-corrected chi connectivity index (χ0v) is 11.5. The van der Waals surface area contributed by atoms with Gasteiger partial charge in [0, 0.05) is 17.7 Å². The summed E-state index contributed by atoms with van der Waals surface area (Å²) in [7, 11) is 1.29. The lowest BCUT2D eigenvalue weighted by Crippen LogP contribution is -2.44. The molecule has 0 bridgehead atoms. The Morgan fingerprint density at radius 3 is 2.70 bits per heavy atom. The Hall–Kier alpha value is -2.62. The molecule has 1 aromatic carbocycles. The molecule has 106 valence electrons. The van der Waals surface area contributed by atoms with Gasteiger partial charge in [0.15, 0.2) is 5.75 Å². The maximum Gasteiger partial charge on any atom is 0.310 e. The van der Waals surface area contributed by atoms with Gasteiger partial charge in [0.2, 0.25) is 0 Å². The Labute approximate surface area is 116 Å². The number of nitrogens with zero attached hydrogens (tertiary/aromatic N) is 2. The maximum atomic E-state index is 12.0. The first-order valence-corrected chi connectivity index (χ1v) is 5.93. The number of nitrogens with one attached hydrogen (secondary N) is 1. The van der Waals surface area contributed by atoms with Crippen LogP contribution in [0, 0.1) is 21.4 Å². The molecule has 0 aliphatic heterocycles. The van der Waals surface area contributed by atoms with Gasteiger partial charge in [-0.3, -0.25) is 14.9 Å². The number of nitriles is 1. The van der Waals surface area contributed by atoms with Crippen molar-refractivity contribution in [2.24, 2.45) is 0 Å². The van der Waals surface area contributed by atoms with E-state index in [0.29, 0.717) is 6.42 Å². The van der Waals surface area contributed by atoms with Gasteiger partial charge in [-0.2, -0.15) is 5.26 Å². The third-order valence-electron chi connectivity index (χ3n) is 2.98. The minimum absolute atomic E-state index is 0.00203. The summed E-state index contributed by atoms with van der Waals surface area (Å²) >= 11 is 0. The minimum atomic E-state index is -0.980. The standard InChI is InChI=1S/C13H15N3O4/c1-4-13(2,8-14)15-12(17)9-5-6-10(16(18)19)11(7-9)20-3/h5-7H,4H2,1-3H3,(H,15,17). The third-order valence-corrected chi connectivity index (χ3v) is 2.98. The molecule has 0 saturated heterocycles. The molecule has 0 aliphatic carbocycles. The van der Waals surface area contributed by atoms with Crippen molar-refractivity contribution in [1.29, 1.82) is 5.26 Å². The second kappa shape index (κ2) is 6.02. The van der Waals surface area contributed by atoms with Crippen LogP contribution in [0.15, 0.2) is 18.2 Å². The average molecular weight is 277 g/mol. The van der Waals surface area contributed by atoms with Crippen LogP contribution < -0.4 is 10.1 Å². The van der Waals surface area contributed by atoms with Crippen LogP contribution in [-0.4, -0.2) is 23.5 Å². The van der Waals surface area contributed by atoms with Gasteiger partial charge in [0.25, 0.3) is 5.91 Å². The molecular weight excluding hydrogens is 262 g/mol. The van der Waals surface area contributed by atoms with E-state index in [1.807, 2.05) is 6.07 Å². The molecule has 1 amide bonds. The van der Waals surface area contributed by atoms with Gasteiger partial charge in [-0.15, -0.1) is 0 Å². The predicted molar refractivity (Wildman–Crippen MR) is 71.4 cm³/mol. The third kappa shape index (κ3) is 3.23. The number of hydrogen-bond acceptors (Lipinski definition) is 5. The van der Waals surface area contributed by atoms with E-state index in [-0.39, 0.29) is 17.0 Å². The molecule has 7 heteroatoms. The summed E-state index contributed by atoms with van der Waals surface area (Å²) in [5.41, 5.74) is -1.00. The molecule has 0 fully saturated rings. The highest BCUT2D eigenvalue weighted by atomic mass is 16.6. The zero-order chi connectivity index (χ0) is 15.3. The first-order chi connectivity index (χ1) is 9.36. The zero-order valence-electron chi connectivity index (χ0n) is 11.5. The molecule has 0 aliphatic rings. The molecule has 1 rings (SSSR count). The predicted octanol–water partition coefficient (Wildman–Crippen LogP) is 2.03. The largest absolute Gasteiger partial charge is 0.490 e. The van der Waals surface area contributed by atoms with E-state index in [1.165, 1.54) is 25.3 Å². The van der Waals surface area contributed by atoms with Crippen LogP contribution in [0.2, 0.25) is 0 Å². The summed E-state index contributed by atoms with van der Waals surface area (Å²) in [6, 6.07) is 5.81. The molecule has 0 aromatic heterocycles. The van der Waals surface area contributed by atoms with Gasteiger partial charge in [-0.1, -0.05) is 6.92 Å². The Morgan fingerprint density at radius 1 is 1.60 bits per heavy atom. The second-order valence-electron chi connectivity index (χ2n) is 4.40. The molecule has 1 atom stereocenters. The molecule has 0 heterocycles. The van der Waals surface area contributed by atoms with Crippen molar-refractivity contribution in [2.75, 3.05) is 7.11 Å². The van der Waals surface area contributed by atoms with Gasteiger partial charge in [0.05, 0.1) is 18.1 Å². The Morgan fingerprint density at radius 2 is 2.25 bits per heavy atom. The van der Waals surface area contributed by atoms with Crippen LogP contribution in [0.4, 0.5) is 5.69 Å². The van der Waals surface area contributed by atoms with Crippen molar-refractivity contribution in [1.82, 2.24) is 5.32 Å². The number of nitro groups is 1. The number of amides is 1. The second-order valence-corrected chi connectivity index (χ2v) is 4.40. The lowest BCUT2D eigenvalue weighted by Gasteiger charge is -2.21. The number of carbonyl (C=O) groups excluding carboxylic acids is 1. The monoisotopic (exact) mass is 277 g/mol. The molecule has 1 N–H and O–H groups in total. The van der Waals surface area contributed by atoms with Crippen LogP contribution in [0.25, 0.3) is 0 Å². The van der Waals surface area contributed by atoms with Crippen molar-refractivity contribution in [2.45, 2.75) is 25.8 Å². The Bertz CT molecular complexity index is 579. The van der Waals surface area contributed by atoms with Crippen LogP contribution in [0.3, 0.4) is 0 Å². The van der Waals surface area contributed by atoms with E-state index in [1.54, 1.807) is 13.8 Å². The summed E-state index contributed by atoms with van der Waals surface area (Å²) in [6.07, 6.45) is 0.444. The average Bonchev–Trinajstić information content (AvgIpc) is 2.46. The first-order valence-electron chi connectivity index (χ1n) is 5.93. The van der Waals surface area contributed by atoms with Gasteiger partial charge >= 0.3 is 5.69 Å². The minimum Gasteiger partial charge on any atom is -0.490 e. The lowest BCUT2D eigenvalue weighted by atomic mass is 10.0. The van der Waals surface area contributed by atoms with Crippen molar-refractivity contribution >= 4 is 11.6 Å². The summed E-state index contributed by atoms with van der Waals surface area (Å²) in [5, 5.41) is 22.4. The fourth-order valence-corrected chi connectivity index (χ4v) is 1.49. The van der Waals surface area contributed by atoms with Crippen LogP contribution in [0.5, 0.6) is 5.75 Å². The van der Waals surface area contributed by atoms with E-state index in [9.17, 15) is 14.9 Å². The van der Waals surface area contributed by atoms with Gasteiger partial charge < -0.3 is 10.1 Å². The number of benzene rings is 1. The van der Waals surface area contributed by atoms with Gasteiger partial charge in [0.1, 0.15) is 5.54 Å². The number of rotatable bonds is 5. The number of carbonyl (C=O) groups is 1. The normalized spacial score (nSPS) is 12.9. The molecule has 1 unspecified atom stereocenters. The molecule has 0 saturated carbocycles. The fourth-order valence-electron chi connectivity index (χ4n) is 1.49. The summed E-state index contributed by atoms with van der Waals surface area (Å²) in [5.74, 6) is -0.484. The van der Waals surface area contributed by atoms with E-state index < -0.39 is 16.4 Å². The molecule has 7 nitrogen and oxygen atoms in total. The molecule has 0 radical (unpaired) electrons. The van der Waals surface area contributed by atoms with Crippen LogP contribution in [0.1, 0.15) is 30.6 Å². The van der Waals surface area contributed by atoms with Crippen molar-refractivity contribution in [3.63, 3.8) is 0 Å². The topological polar surface area (TPSA) is 105 Å². The highest BCUT2D eigenvalue weighted by Crippen LogP contribution is 2.27. The van der Waals surface area contributed by atoms with E-state index in [4.69, 9.17) is 10.00 Å². The SMILES string of the molecule is CCC(C)(C#N)NC(=O)c1ccc([N+](=O)[O-])c(OC)c1. The summed E-state index contributed by atoms with van der Waals surface area (Å²) in [4.78, 5) is 22.2. The lowest BCUT2D eigenvalue weighted by molar-refractivity contribution is -0.385. The van der Waals surface area contributed by atoms with Crippen molar-refractivity contribution in [3.05, 3.63) is 33.9 Å². The highest BCUT2D eigenvalue weighted by molar-refractivity contribution is 5.95. The smallest absolute Gasteiger partial charge is 0.310 e. The van der Waals surface area contributed by atoms with Crippen LogP contribution in [-0.2, 0) is 0 Å². The quantitative estimate of drug-likeness (QED) is 0.654. The van der Waals surface area contributed by atoms with Crippen molar-refractivity contribution < 1.29 is 14.5 Å². The number of ether oxygens (including phenoxy) is 1. The maximum absolute atomic E-state index is 12.0. The van der Waals surface area contributed by atoms with Crippen LogP contribution >= 0.6 is 0 Å². The summed E-state index contributed by atoms with van der Waals surface area (Å²) < 4.78 is 4.89.